The van der Waals surface area contributed by atoms with E-state index in [1.54, 1.807) is 17.0 Å². The van der Waals surface area contributed by atoms with E-state index < -0.39 is 0 Å². The number of aromatic nitrogens is 1. The summed E-state index contributed by atoms with van der Waals surface area (Å²) in [7, 11) is 0. The first-order valence-corrected chi connectivity index (χ1v) is 3.64. The lowest BCUT2D eigenvalue weighted by Gasteiger charge is -1.96. The van der Waals surface area contributed by atoms with Crippen molar-refractivity contribution < 1.29 is 26.9 Å². The fraction of sp³-hybridized carbons (Fsp3) is 0.250. The van der Waals surface area contributed by atoms with Crippen LogP contribution in [0, 0.1) is 0 Å². The predicted molar refractivity (Wildman–Crippen MR) is 41.9 cm³/mol. The Hall–Kier alpha value is -1.13. The molecule has 0 spiro atoms. The van der Waals surface area contributed by atoms with Crippen LogP contribution in [0.5, 0.6) is 0 Å². The Balaban J connectivity index is 0.00000144. The van der Waals surface area contributed by atoms with E-state index >= 15 is 0 Å². The van der Waals surface area contributed by atoms with Crippen molar-refractivity contribution in [3.8, 4) is 0 Å². The number of aliphatic hydroxyl groups is 1. The van der Waals surface area contributed by atoms with Crippen molar-refractivity contribution in [2.75, 3.05) is 6.73 Å². The molecule has 0 aliphatic rings. The Morgan fingerprint density at radius 2 is 1.92 bits per heavy atom. The summed E-state index contributed by atoms with van der Waals surface area (Å²) in [5, 5.41) is 10.7. The first-order chi connectivity index (χ1) is 5.83. The average Bonchev–Trinajstić information content (AvgIpc) is 2.06. The minimum absolute atomic E-state index is 0. The monoisotopic (exact) mass is 202 g/mol. The Bertz CT molecular complexity index is 254. The second-order valence-corrected chi connectivity index (χ2v) is 2.31. The first kappa shape index (κ1) is 11.9. The van der Waals surface area contributed by atoms with Crippen LogP contribution >= 0.6 is 0 Å². The molecule has 0 fully saturated rings. The number of hydrogen-bond donors (Lipinski definition) is 2. The lowest BCUT2D eigenvalue weighted by Crippen LogP contribution is -3.00. The standard InChI is InChI=1S/C8H10N2O2.ClH/c11-7-9-8(12)6-10-4-2-1-3-5-10;/h1-5,11H,6-7H2;1H. The van der Waals surface area contributed by atoms with Gasteiger partial charge in [0.15, 0.2) is 12.4 Å². The number of nitrogens with one attached hydrogen (secondary N) is 1. The normalized spacial score (nSPS) is 8.69. The van der Waals surface area contributed by atoms with Crippen LogP contribution in [-0.2, 0) is 11.3 Å². The number of halogens is 1. The molecule has 0 aromatic carbocycles. The predicted octanol–water partition coefficient (Wildman–Crippen LogP) is -3.96. The highest BCUT2D eigenvalue weighted by Gasteiger charge is 2.05. The molecule has 0 aliphatic heterocycles. The van der Waals surface area contributed by atoms with Crippen LogP contribution in [0.2, 0.25) is 0 Å². The third-order valence-electron chi connectivity index (χ3n) is 1.38. The summed E-state index contributed by atoms with van der Waals surface area (Å²) in [4.78, 5) is 10.9. The highest BCUT2D eigenvalue weighted by atomic mass is 35.5. The van der Waals surface area contributed by atoms with Crippen LogP contribution in [0.25, 0.3) is 0 Å². The molecule has 0 atom stereocenters. The lowest BCUT2D eigenvalue weighted by atomic mass is 10.4. The third kappa shape index (κ3) is 4.45. The number of carbonyl (C=O) groups excluding carboxylic acids is 1. The fourth-order valence-electron chi connectivity index (χ4n) is 0.850. The summed E-state index contributed by atoms with van der Waals surface area (Å²) >= 11 is 0. The molecule has 0 radical (unpaired) electrons. The molecule has 1 aromatic rings. The van der Waals surface area contributed by atoms with Crippen molar-refractivity contribution in [2.45, 2.75) is 6.54 Å². The van der Waals surface area contributed by atoms with E-state index in [1.807, 2.05) is 18.2 Å². The molecule has 72 valence electrons. The van der Waals surface area contributed by atoms with Gasteiger partial charge < -0.3 is 22.8 Å². The second kappa shape index (κ2) is 6.39. The van der Waals surface area contributed by atoms with Gasteiger partial charge in [-0.15, -0.1) is 0 Å². The quantitative estimate of drug-likeness (QED) is 0.388. The van der Waals surface area contributed by atoms with E-state index in [-0.39, 0.29) is 31.6 Å². The SMILES string of the molecule is O=C(C[n+]1ccccc1)NCO.[Cl-]. The molecule has 1 amide bonds. The van der Waals surface area contributed by atoms with E-state index in [0.717, 1.165) is 0 Å². The van der Waals surface area contributed by atoms with E-state index in [0.29, 0.717) is 0 Å². The molecular formula is C8H11ClN2O2. The van der Waals surface area contributed by atoms with Gasteiger partial charge in [-0.25, -0.2) is 0 Å². The van der Waals surface area contributed by atoms with Gasteiger partial charge in [-0.1, -0.05) is 6.07 Å². The van der Waals surface area contributed by atoms with Gasteiger partial charge >= 0.3 is 0 Å². The van der Waals surface area contributed by atoms with Crippen molar-refractivity contribution in [3.63, 3.8) is 0 Å². The van der Waals surface area contributed by atoms with Crippen LogP contribution in [0.4, 0.5) is 0 Å². The summed E-state index contributed by atoms with van der Waals surface area (Å²) in [6.45, 7) is -0.0758. The van der Waals surface area contributed by atoms with Crippen LogP contribution < -0.4 is 22.3 Å². The molecular weight excluding hydrogens is 192 g/mol. The first-order valence-electron chi connectivity index (χ1n) is 3.64. The third-order valence-corrected chi connectivity index (χ3v) is 1.38. The molecule has 0 saturated heterocycles. The minimum atomic E-state index is -0.313. The molecule has 0 bridgehead atoms. The van der Waals surface area contributed by atoms with E-state index in [4.69, 9.17) is 5.11 Å². The van der Waals surface area contributed by atoms with Crippen LogP contribution in [0.15, 0.2) is 30.6 Å². The molecule has 4 nitrogen and oxygen atoms in total. The van der Waals surface area contributed by atoms with Gasteiger partial charge in [0.05, 0.1) is 0 Å². The Kier molecular flexibility index (Phi) is 5.84. The summed E-state index contributed by atoms with van der Waals surface area (Å²) in [5.74, 6) is -0.200. The van der Waals surface area contributed by atoms with Gasteiger partial charge in [-0.2, -0.15) is 4.57 Å². The van der Waals surface area contributed by atoms with Crippen molar-refractivity contribution in [2.24, 2.45) is 0 Å². The molecule has 5 heteroatoms. The maximum absolute atomic E-state index is 10.9. The zero-order valence-electron chi connectivity index (χ0n) is 6.98. The number of nitrogens with zero attached hydrogens (tertiary/aromatic N) is 1. The van der Waals surface area contributed by atoms with Crippen molar-refractivity contribution in [1.82, 2.24) is 5.32 Å². The molecule has 1 aromatic heterocycles. The maximum Gasteiger partial charge on any atom is 0.287 e. The number of hydrogen-bond acceptors (Lipinski definition) is 2. The van der Waals surface area contributed by atoms with Gasteiger partial charge in [-0.05, 0) is 0 Å². The molecule has 1 heterocycles. The Morgan fingerprint density at radius 3 is 2.46 bits per heavy atom. The Morgan fingerprint density at radius 1 is 1.31 bits per heavy atom. The van der Waals surface area contributed by atoms with Gasteiger partial charge in [0, 0.05) is 12.1 Å². The van der Waals surface area contributed by atoms with Crippen molar-refractivity contribution >= 4 is 5.91 Å². The second-order valence-electron chi connectivity index (χ2n) is 2.31. The molecule has 13 heavy (non-hydrogen) atoms. The van der Waals surface area contributed by atoms with E-state index in [2.05, 4.69) is 5.32 Å². The fourth-order valence-corrected chi connectivity index (χ4v) is 0.850. The summed E-state index contributed by atoms with van der Waals surface area (Å²) in [6.07, 6.45) is 3.58. The smallest absolute Gasteiger partial charge is 0.287 e. The molecule has 1 rings (SSSR count). The van der Waals surface area contributed by atoms with Gasteiger partial charge in [0.1, 0.15) is 6.73 Å². The zero-order chi connectivity index (χ0) is 8.81. The van der Waals surface area contributed by atoms with Crippen LogP contribution in [-0.4, -0.2) is 17.7 Å². The highest BCUT2D eigenvalue weighted by Crippen LogP contribution is 1.76. The molecule has 0 aliphatic carbocycles. The topological polar surface area (TPSA) is 53.2 Å². The summed E-state index contributed by atoms with van der Waals surface area (Å²) in [6, 6.07) is 5.55. The van der Waals surface area contributed by atoms with Gasteiger partial charge in [0.25, 0.3) is 5.91 Å². The lowest BCUT2D eigenvalue weighted by molar-refractivity contribution is -0.684. The number of pyridine rings is 1. The van der Waals surface area contributed by atoms with Gasteiger partial charge in [-0.3, -0.25) is 4.79 Å². The number of aliphatic hydroxyl groups excluding tert-OH is 1. The van der Waals surface area contributed by atoms with Crippen LogP contribution in [0.1, 0.15) is 0 Å². The van der Waals surface area contributed by atoms with E-state index in [1.165, 1.54) is 0 Å². The molecule has 2 N–H and O–H groups in total. The highest BCUT2D eigenvalue weighted by molar-refractivity contribution is 5.74. The maximum atomic E-state index is 10.9. The molecule has 0 unspecified atom stereocenters. The van der Waals surface area contributed by atoms with E-state index in [9.17, 15) is 4.79 Å². The van der Waals surface area contributed by atoms with Gasteiger partial charge in [0.2, 0.25) is 6.54 Å². The zero-order valence-corrected chi connectivity index (χ0v) is 7.74. The van der Waals surface area contributed by atoms with Crippen molar-refractivity contribution in [3.05, 3.63) is 30.6 Å². The molecule has 0 saturated carbocycles. The average molecular weight is 203 g/mol. The van der Waals surface area contributed by atoms with Crippen molar-refractivity contribution in [1.29, 1.82) is 0 Å². The number of carbonyl (C=O) groups is 1. The number of rotatable bonds is 3. The largest absolute Gasteiger partial charge is 1.00 e. The minimum Gasteiger partial charge on any atom is -1.00 e. The summed E-state index contributed by atoms with van der Waals surface area (Å²) < 4.78 is 1.73. The van der Waals surface area contributed by atoms with Crippen LogP contribution in [0.3, 0.4) is 0 Å². The summed E-state index contributed by atoms with van der Waals surface area (Å²) in [5.41, 5.74) is 0. The Labute approximate surface area is 82.6 Å². The number of amides is 1.